The van der Waals surface area contributed by atoms with Gasteiger partial charge in [0, 0.05) is 25.7 Å². The van der Waals surface area contributed by atoms with Crippen LogP contribution in [0.25, 0.3) is 0 Å². The number of hydrogen-bond donors (Lipinski definition) is 2. The lowest BCUT2D eigenvalue weighted by Crippen LogP contribution is -2.50. The smallest absolute Gasteiger partial charge is 0.0431 e. The first-order valence-corrected chi connectivity index (χ1v) is 8.88. The third-order valence-electron chi connectivity index (χ3n) is 5.09. The van der Waals surface area contributed by atoms with Gasteiger partial charge in [0.2, 0.25) is 0 Å². The molecule has 118 valence electrons. The molecule has 3 heteroatoms. The average Bonchev–Trinajstić information content (AvgIpc) is 2.96. The van der Waals surface area contributed by atoms with Gasteiger partial charge in [-0.1, -0.05) is 19.8 Å². The highest BCUT2D eigenvalue weighted by molar-refractivity contribution is 4.84. The van der Waals surface area contributed by atoms with Crippen molar-refractivity contribution in [2.75, 3.05) is 32.8 Å². The zero-order chi connectivity index (χ0) is 14.2. The molecular formula is C17H34N2O. The van der Waals surface area contributed by atoms with E-state index in [1.165, 1.54) is 71.1 Å². The maximum atomic E-state index is 9.05. The van der Waals surface area contributed by atoms with E-state index in [0.717, 1.165) is 18.3 Å². The van der Waals surface area contributed by atoms with E-state index in [2.05, 4.69) is 17.1 Å². The lowest BCUT2D eigenvalue weighted by atomic mass is 9.90. The van der Waals surface area contributed by atoms with Crippen molar-refractivity contribution < 1.29 is 5.11 Å². The summed E-state index contributed by atoms with van der Waals surface area (Å²) in [5, 5.41) is 12.9. The first-order valence-electron chi connectivity index (χ1n) is 8.88. The lowest BCUT2D eigenvalue weighted by Gasteiger charge is -2.38. The van der Waals surface area contributed by atoms with Crippen molar-refractivity contribution in [1.82, 2.24) is 10.2 Å². The minimum atomic E-state index is 0.352. The summed E-state index contributed by atoms with van der Waals surface area (Å²) in [6.07, 6.45) is 10.5. The van der Waals surface area contributed by atoms with E-state index in [1.807, 2.05) is 0 Å². The lowest BCUT2D eigenvalue weighted by molar-refractivity contribution is 0.128. The first-order chi connectivity index (χ1) is 9.81. The number of nitrogens with one attached hydrogen (secondary N) is 1. The van der Waals surface area contributed by atoms with E-state index in [9.17, 15) is 0 Å². The van der Waals surface area contributed by atoms with Crippen LogP contribution in [0.1, 0.15) is 58.3 Å². The van der Waals surface area contributed by atoms with Crippen LogP contribution < -0.4 is 5.32 Å². The summed E-state index contributed by atoms with van der Waals surface area (Å²) < 4.78 is 0. The predicted molar refractivity (Wildman–Crippen MR) is 84.9 cm³/mol. The summed E-state index contributed by atoms with van der Waals surface area (Å²) in [6, 6.07) is 0.680. The summed E-state index contributed by atoms with van der Waals surface area (Å²) in [7, 11) is 0. The van der Waals surface area contributed by atoms with Crippen LogP contribution in [0.5, 0.6) is 0 Å². The van der Waals surface area contributed by atoms with Crippen LogP contribution in [0.4, 0.5) is 0 Å². The van der Waals surface area contributed by atoms with Crippen molar-refractivity contribution in [2.45, 2.75) is 64.3 Å². The molecule has 2 unspecified atom stereocenters. The van der Waals surface area contributed by atoms with Crippen molar-refractivity contribution >= 4 is 0 Å². The number of piperidine rings is 1. The van der Waals surface area contributed by atoms with Gasteiger partial charge in [-0.25, -0.2) is 0 Å². The second kappa shape index (κ2) is 9.01. The zero-order valence-corrected chi connectivity index (χ0v) is 13.3. The fraction of sp³-hybridized carbons (Fsp3) is 1.00. The molecule has 2 rings (SSSR count). The largest absolute Gasteiger partial charge is 0.396 e. The molecule has 2 aliphatic rings. The Morgan fingerprint density at radius 3 is 2.65 bits per heavy atom. The highest BCUT2D eigenvalue weighted by atomic mass is 16.2. The molecule has 1 aliphatic carbocycles. The molecule has 3 nitrogen and oxygen atoms in total. The fourth-order valence-corrected chi connectivity index (χ4v) is 4.09. The van der Waals surface area contributed by atoms with Crippen LogP contribution in [0, 0.1) is 11.8 Å². The third kappa shape index (κ3) is 5.34. The summed E-state index contributed by atoms with van der Waals surface area (Å²) in [6.45, 7) is 7.57. The average molecular weight is 282 g/mol. The molecule has 1 saturated carbocycles. The molecule has 2 atom stereocenters. The van der Waals surface area contributed by atoms with Gasteiger partial charge < -0.3 is 15.3 Å². The Kier molecular flexibility index (Phi) is 7.32. The zero-order valence-electron chi connectivity index (χ0n) is 13.3. The van der Waals surface area contributed by atoms with E-state index in [-0.39, 0.29) is 0 Å². The Bertz CT molecular complexity index is 253. The van der Waals surface area contributed by atoms with Gasteiger partial charge in [-0.2, -0.15) is 0 Å². The van der Waals surface area contributed by atoms with Crippen molar-refractivity contribution in [1.29, 1.82) is 0 Å². The number of nitrogens with zero attached hydrogens (tertiary/aromatic N) is 1. The van der Waals surface area contributed by atoms with E-state index >= 15 is 0 Å². The van der Waals surface area contributed by atoms with Gasteiger partial charge in [-0.15, -0.1) is 0 Å². The van der Waals surface area contributed by atoms with Crippen molar-refractivity contribution in [3.8, 4) is 0 Å². The van der Waals surface area contributed by atoms with Crippen LogP contribution in [0.2, 0.25) is 0 Å². The Morgan fingerprint density at radius 1 is 1.15 bits per heavy atom. The minimum Gasteiger partial charge on any atom is -0.396 e. The fourth-order valence-electron chi connectivity index (χ4n) is 4.09. The van der Waals surface area contributed by atoms with Crippen molar-refractivity contribution in [2.24, 2.45) is 11.8 Å². The maximum absolute atomic E-state index is 9.05. The number of aliphatic hydroxyl groups excluding tert-OH is 1. The molecule has 0 radical (unpaired) electrons. The van der Waals surface area contributed by atoms with Crippen LogP contribution in [0.15, 0.2) is 0 Å². The molecule has 2 fully saturated rings. The Morgan fingerprint density at radius 2 is 1.95 bits per heavy atom. The Labute approximate surface area is 125 Å². The van der Waals surface area contributed by atoms with Crippen LogP contribution in [0.3, 0.4) is 0 Å². The number of likely N-dealkylation sites (tertiary alicyclic amines) is 1. The molecule has 20 heavy (non-hydrogen) atoms. The molecule has 0 spiro atoms. The predicted octanol–water partition coefficient (Wildman–Crippen LogP) is 2.64. The van der Waals surface area contributed by atoms with Gasteiger partial charge >= 0.3 is 0 Å². The molecule has 2 N–H and O–H groups in total. The van der Waals surface area contributed by atoms with Gasteiger partial charge in [-0.05, 0) is 63.5 Å². The van der Waals surface area contributed by atoms with E-state index < -0.39 is 0 Å². The Balaban J connectivity index is 1.76. The van der Waals surface area contributed by atoms with Gasteiger partial charge in [0.05, 0.1) is 0 Å². The van der Waals surface area contributed by atoms with Gasteiger partial charge in [0.1, 0.15) is 0 Å². The quantitative estimate of drug-likeness (QED) is 0.718. The normalized spacial score (nSPS) is 29.1. The van der Waals surface area contributed by atoms with E-state index in [1.54, 1.807) is 0 Å². The number of hydrogen-bond acceptors (Lipinski definition) is 3. The molecule has 0 aromatic carbocycles. The van der Waals surface area contributed by atoms with Crippen LogP contribution >= 0.6 is 0 Å². The molecule has 1 aliphatic heterocycles. The molecule has 0 amide bonds. The van der Waals surface area contributed by atoms with E-state index in [0.29, 0.717) is 12.6 Å². The second-order valence-corrected chi connectivity index (χ2v) is 6.98. The van der Waals surface area contributed by atoms with Gasteiger partial charge in [0.25, 0.3) is 0 Å². The topological polar surface area (TPSA) is 35.5 Å². The van der Waals surface area contributed by atoms with Gasteiger partial charge in [0.15, 0.2) is 0 Å². The molecular weight excluding hydrogens is 248 g/mol. The minimum absolute atomic E-state index is 0.352. The summed E-state index contributed by atoms with van der Waals surface area (Å²) in [5.41, 5.74) is 0. The first kappa shape index (κ1) is 16.3. The standard InChI is InChI=1S/C17H34N2O/c1-2-9-19-13-16(8-5-10-20)11-17(14-19)18-12-15-6-3-4-7-15/h15-18,20H,2-14H2,1H3. The highest BCUT2D eigenvalue weighted by Crippen LogP contribution is 2.25. The molecule has 0 bridgehead atoms. The second-order valence-electron chi connectivity index (χ2n) is 6.98. The number of aliphatic hydroxyl groups is 1. The van der Waals surface area contributed by atoms with Crippen molar-refractivity contribution in [3.63, 3.8) is 0 Å². The molecule has 1 heterocycles. The summed E-state index contributed by atoms with van der Waals surface area (Å²) >= 11 is 0. The SMILES string of the molecule is CCCN1CC(CCCO)CC(NCC2CCCC2)C1. The maximum Gasteiger partial charge on any atom is 0.0431 e. The highest BCUT2D eigenvalue weighted by Gasteiger charge is 2.27. The molecule has 1 saturated heterocycles. The van der Waals surface area contributed by atoms with Crippen molar-refractivity contribution in [3.05, 3.63) is 0 Å². The third-order valence-corrected chi connectivity index (χ3v) is 5.09. The van der Waals surface area contributed by atoms with Crippen LogP contribution in [-0.2, 0) is 0 Å². The van der Waals surface area contributed by atoms with E-state index in [4.69, 9.17) is 5.11 Å². The summed E-state index contributed by atoms with van der Waals surface area (Å²) in [5.74, 6) is 1.72. The Hall–Kier alpha value is -0.120. The van der Waals surface area contributed by atoms with Gasteiger partial charge in [-0.3, -0.25) is 0 Å². The monoisotopic (exact) mass is 282 g/mol. The molecule has 0 aromatic rings. The number of rotatable bonds is 8. The summed E-state index contributed by atoms with van der Waals surface area (Å²) in [4.78, 5) is 2.64. The molecule has 0 aromatic heterocycles. The van der Waals surface area contributed by atoms with Crippen LogP contribution in [-0.4, -0.2) is 48.8 Å².